The van der Waals surface area contributed by atoms with E-state index in [2.05, 4.69) is 10.3 Å². The van der Waals surface area contributed by atoms with Gasteiger partial charge < -0.3 is 26.2 Å². The number of aromatic nitrogens is 2. The third-order valence-electron chi connectivity index (χ3n) is 5.70. The second-order valence-corrected chi connectivity index (χ2v) is 9.84. The van der Waals surface area contributed by atoms with Crippen LogP contribution in [-0.2, 0) is 9.59 Å². The summed E-state index contributed by atoms with van der Waals surface area (Å²) >= 11 is 3.04. The first kappa shape index (κ1) is 21.7. The number of aliphatic carboxylic acids is 1. The fourth-order valence-electron chi connectivity index (χ4n) is 4.36. The summed E-state index contributed by atoms with van der Waals surface area (Å²) in [6.45, 7) is 4.09. The average molecular weight is 465 g/mol. The predicted octanol–water partition coefficient (Wildman–Crippen LogP) is 1.01. The lowest BCUT2D eigenvalue weighted by Gasteiger charge is -2.46. The first-order valence-corrected chi connectivity index (χ1v) is 11.7. The van der Waals surface area contributed by atoms with Gasteiger partial charge in [-0.05, 0) is 13.3 Å². The second-order valence-electron chi connectivity index (χ2n) is 7.72. The molecule has 1 fully saturated rings. The smallest absolute Gasteiger partial charge is 0.352 e. The van der Waals surface area contributed by atoms with E-state index in [9.17, 15) is 19.8 Å². The van der Waals surface area contributed by atoms with Crippen molar-refractivity contribution in [1.82, 2.24) is 19.6 Å². The molecule has 0 aliphatic carbocycles. The third-order valence-corrected chi connectivity index (χ3v) is 8.03. The number of carbonyl (C=O) groups excluding carboxylic acids is 1. The van der Waals surface area contributed by atoms with Crippen LogP contribution in [0.3, 0.4) is 0 Å². The van der Waals surface area contributed by atoms with E-state index in [1.165, 1.54) is 16.2 Å². The number of rotatable bonds is 8. The Balaban J connectivity index is 1.60. The molecule has 4 rings (SSSR count). The van der Waals surface area contributed by atoms with Crippen LogP contribution in [-0.4, -0.2) is 66.8 Å². The van der Waals surface area contributed by atoms with E-state index >= 15 is 0 Å². The summed E-state index contributed by atoms with van der Waals surface area (Å²) in [5.41, 5.74) is 5.92. The van der Waals surface area contributed by atoms with Gasteiger partial charge in [-0.2, -0.15) is 0 Å². The van der Waals surface area contributed by atoms with E-state index < -0.39 is 18.0 Å². The van der Waals surface area contributed by atoms with Crippen LogP contribution < -0.4 is 11.1 Å². The van der Waals surface area contributed by atoms with E-state index in [-0.39, 0.29) is 29.5 Å². The van der Waals surface area contributed by atoms with Crippen LogP contribution in [0.5, 0.6) is 0 Å². The van der Waals surface area contributed by atoms with Gasteiger partial charge >= 0.3 is 5.97 Å². The minimum atomic E-state index is -1.13. The Morgan fingerprint density at radius 3 is 2.90 bits per heavy atom. The van der Waals surface area contributed by atoms with E-state index in [4.69, 9.17) is 11.1 Å². The number of carboxylic acids is 1. The number of carboxylic acid groups (broad SMARTS) is 1. The topological polar surface area (TPSA) is 157 Å². The van der Waals surface area contributed by atoms with Gasteiger partial charge in [-0.15, -0.1) is 23.1 Å². The van der Waals surface area contributed by atoms with E-state index in [0.717, 1.165) is 26.9 Å². The van der Waals surface area contributed by atoms with Gasteiger partial charge in [0.25, 0.3) is 0 Å². The SMILES string of the molecule is C[C@@H](O)[C@H]1C(=O)N2C(C(=O)O)=C(c3cn4cnc(SCCCNC(=N)N)c4s3)[C@H](C)[C@H]12. The van der Waals surface area contributed by atoms with E-state index in [0.29, 0.717) is 12.1 Å². The quantitative estimate of drug-likeness (QED) is 0.127. The molecule has 12 heteroatoms. The minimum Gasteiger partial charge on any atom is -0.477 e. The molecular formula is C19H24N6O4S2. The van der Waals surface area contributed by atoms with Gasteiger partial charge in [-0.1, -0.05) is 6.92 Å². The lowest BCUT2D eigenvalue weighted by Crippen LogP contribution is -2.63. The van der Waals surface area contributed by atoms with Crippen molar-refractivity contribution in [2.24, 2.45) is 17.6 Å². The highest BCUT2D eigenvalue weighted by atomic mass is 32.2. The largest absolute Gasteiger partial charge is 0.477 e. The number of hydrogen-bond acceptors (Lipinski definition) is 7. The highest BCUT2D eigenvalue weighted by molar-refractivity contribution is 7.99. The number of guanidine groups is 1. The lowest BCUT2D eigenvalue weighted by atomic mass is 9.77. The molecule has 166 valence electrons. The van der Waals surface area contributed by atoms with Crippen molar-refractivity contribution in [3.63, 3.8) is 0 Å². The fourth-order valence-corrected chi connectivity index (χ4v) is 6.61. The number of aliphatic hydroxyl groups is 1. The molecule has 1 amide bonds. The predicted molar refractivity (Wildman–Crippen MR) is 118 cm³/mol. The molecule has 2 aromatic rings. The van der Waals surface area contributed by atoms with E-state index in [1.807, 2.05) is 17.5 Å². The molecule has 2 aliphatic heterocycles. The van der Waals surface area contributed by atoms with Crippen molar-refractivity contribution < 1.29 is 19.8 Å². The monoisotopic (exact) mass is 464 g/mol. The Labute approximate surface area is 186 Å². The number of amides is 1. The van der Waals surface area contributed by atoms with Gasteiger partial charge in [-0.25, -0.2) is 9.78 Å². The molecule has 4 heterocycles. The summed E-state index contributed by atoms with van der Waals surface area (Å²) in [6.07, 6.45) is 3.54. The number of fused-ring (bicyclic) bond motifs is 2. The average Bonchev–Trinajstić information content (AvgIpc) is 3.31. The molecule has 0 unspecified atom stereocenters. The Morgan fingerprint density at radius 1 is 1.52 bits per heavy atom. The van der Waals surface area contributed by atoms with Gasteiger partial charge in [0.2, 0.25) is 5.91 Å². The number of thiazole rings is 1. The van der Waals surface area contributed by atoms with Gasteiger partial charge in [0.05, 0.1) is 22.9 Å². The van der Waals surface area contributed by atoms with Gasteiger partial charge in [0.1, 0.15) is 21.9 Å². The molecule has 10 nitrogen and oxygen atoms in total. The molecule has 2 aliphatic rings. The van der Waals surface area contributed by atoms with Crippen molar-refractivity contribution in [2.45, 2.75) is 37.4 Å². The van der Waals surface area contributed by atoms with Crippen molar-refractivity contribution in [1.29, 1.82) is 5.41 Å². The highest BCUT2D eigenvalue weighted by Crippen LogP contribution is 2.51. The number of carbonyl (C=O) groups is 2. The molecule has 0 radical (unpaired) electrons. The number of nitrogens with one attached hydrogen (secondary N) is 2. The molecule has 0 aromatic carbocycles. The molecule has 31 heavy (non-hydrogen) atoms. The first-order valence-electron chi connectivity index (χ1n) is 9.88. The lowest BCUT2D eigenvalue weighted by molar-refractivity contribution is -0.163. The molecule has 0 bridgehead atoms. The van der Waals surface area contributed by atoms with Crippen molar-refractivity contribution in [3.8, 4) is 0 Å². The van der Waals surface area contributed by atoms with Crippen LogP contribution in [0, 0.1) is 17.2 Å². The standard InChI is InChI=1S/C19H24N6O4S2/c1-8-11(14(18(28)29)25-13(8)12(9(2)26)16(25)27)10-6-24-7-23-15(17(24)31-10)30-5-3-4-22-19(20)21/h6-9,12-13,26H,3-5H2,1-2H3,(H,28,29)(H4,20,21,22)/t8-,9+,12+,13+/m0/s1. The number of aliphatic hydroxyl groups excluding tert-OH is 1. The summed E-state index contributed by atoms with van der Waals surface area (Å²) < 4.78 is 1.87. The molecule has 6 N–H and O–H groups in total. The van der Waals surface area contributed by atoms with E-state index in [1.54, 1.807) is 25.0 Å². The zero-order valence-electron chi connectivity index (χ0n) is 17.0. The number of nitrogens with two attached hydrogens (primary N) is 1. The molecule has 0 saturated carbocycles. The first-order chi connectivity index (χ1) is 14.7. The number of thioether (sulfide) groups is 1. The number of hydrogen-bond donors (Lipinski definition) is 5. The third kappa shape index (κ3) is 3.58. The molecule has 4 atom stereocenters. The summed E-state index contributed by atoms with van der Waals surface area (Å²) in [5, 5.41) is 30.6. The van der Waals surface area contributed by atoms with Crippen LogP contribution in [0.1, 0.15) is 25.1 Å². The van der Waals surface area contributed by atoms with Gasteiger partial charge in [-0.3, -0.25) is 14.6 Å². The molecular weight excluding hydrogens is 440 g/mol. The zero-order chi connectivity index (χ0) is 22.4. The van der Waals surface area contributed by atoms with Gasteiger partial charge in [0.15, 0.2) is 5.96 Å². The normalized spacial score (nSPS) is 23.8. The summed E-state index contributed by atoms with van der Waals surface area (Å²) in [7, 11) is 0. The second kappa shape index (κ2) is 8.17. The Bertz CT molecular complexity index is 1090. The van der Waals surface area contributed by atoms with Crippen LogP contribution >= 0.6 is 23.1 Å². The zero-order valence-corrected chi connectivity index (χ0v) is 18.7. The minimum absolute atomic E-state index is 0.0152. The maximum absolute atomic E-state index is 12.5. The molecule has 1 saturated heterocycles. The highest BCUT2D eigenvalue weighted by Gasteiger charge is 2.60. The summed E-state index contributed by atoms with van der Waals surface area (Å²) in [4.78, 5) is 32.1. The fraction of sp³-hybridized carbons (Fsp3) is 0.474. The van der Waals surface area contributed by atoms with Crippen molar-refractivity contribution in [3.05, 3.63) is 23.1 Å². The Hall–Kier alpha value is -2.57. The summed E-state index contributed by atoms with van der Waals surface area (Å²) in [5.74, 6) is -1.51. The summed E-state index contributed by atoms with van der Waals surface area (Å²) in [6, 6.07) is -0.337. The van der Waals surface area contributed by atoms with Crippen molar-refractivity contribution >= 4 is 51.3 Å². The van der Waals surface area contributed by atoms with Crippen LogP contribution in [0.4, 0.5) is 0 Å². The van der Waals surface area contributed by atoms with Gasteiger partial charge in [0, 0.05) is 30.0 Å². The molecule has 2 aromatic heterocycles. The van der Waals surface area contributed by atoms with Crippen molar-refractivity contribution in [2.75, 3.05) is 12.3 Å². The van der Waals surface area contributed by atoms with Crippen LogP contribution in [0.15, 0.2) is 23.2 Å². The maximum Gasteiger partial charge on any atom is 0.352 e. The Morgan fingerprint density at radius 2 is 2.26 bits per heavy atom. The van der Waals surface area contributed by atoms with Crippen LogP contribution in [0.2, 0.25) is 0 Å². The van der Waals surface area contributed by atoms with Crippen LogP contribution in [0.25, 0.3) is 10.4 Å². The maximum atomic E-state index is 12.5. The number of β-lactam (4-membered cyclic amide) rings is 1. The Kier molecular flexibility index (Phi) is 5.71. The number of nitrogens with zero attached hydrogens (tertiary/aromatic N) is 3. The molecule has 0 spiro atoms. The number of imidazole rings is 1.